The molecule has 0 radical (unpaired) electrons. The molecular weight excluding hydrogens is 232 g/mol. The molecule has 1 aliphatic rings. The first kappa shape index (κ1) is 16.5. The molecule has 0 aromatic heterocycles. The highest BCUT2D eigenvalue weighted by molar-refractivity contribution is 5.86. The zero-order valence-corrected chi connectivity index (χ0v) is 12.8. The molecule has 1 rings (SSSR count). The van der Waals surface area contributed by atoms with Gasteiger partial charge in [0.1, 0.15) is 5.78 Å². The van der Waals surface area contributed by atoms with Crippen molar-refractivity contribution in [2.45, 2.75) is 90.4 Å². The standard InChI is InChI=1S/C18H32O/c1-2-3-4-5-6-7-8-9-10-11-12-13-14-17-15-16-18(17)19/h9-10,17H,2-8,11-16H2,1H3/b10-9-. The van der Waals surface area contributed by atoms with Gasteiger partial charge >= 0.3 is 0 Å². The number of carbonyl (C=O) groups is 1. The minimum Gasteiger partial charge on any atom is -0.299 e. The zero-order valence-electron chi connectivity index (χ0n) is 12.8. The van der Waals surface area contributed by atoms with Crippen molar-refractivity contribution >= 4 is 5.78 Å². The molecule has 1 aliphatic carbocycles. The van der Waals surface area contributed by atoms with Crippen molar-refractivity contribution in [3.05, 3.63) is 12.2 Å². The first-order chi connectivity index (χ1) is 9.34. The summed E-state index contributed by atoms with van der Waals surface area (Å²) in [5.41, 5.74) is 0. The maximum Gasteiger partial charge on any atom is 0.136 e. The largest absolute Gasteiger partial charge is 0.299 e. The lowest BCUT2D eigenvalue weighted by atomic mass is 9.80. The van der Waals surface area contributed by atoms with Gasteiger partial charge in [0.05, 0.1) is 0 Å². The lowest BCUT2D eigenvalue weighted by Crippen LogP contribution is -2.25. The van der Waals surface area contributed by atoms with E-state index in [0.29, 0.717) is 11.7 Å². The van der Waals surface area contributed by atoms with Crippen molar-refractivity contribution in [1.29, 1.82) is 0 Å². The third-order valence-electron chi connectivity index (χ3n) is 4.26. The predicted octanol–water partition coefficient (Wildman–Crippen LogP) is 5.83. The van der Waals surface area contributed by atoms with Crippen LogP contribution in [0.4, 0.5) is 0 Å². The first-order valence-corrected chi connectivity index (χ1v) is 8.52. The number of hydrogen-bond donors (Lipinski definition) is 0. The van der Waals surface area contributed by atoms with Crippen molar-refractivity contribution in [1.82, 2.24) is 0 Å². The van der Waals surface area contributed by atoms with E-state index in [2.05, 4.69) is 19.1 Å². The summed E-state index contributed by atoms with van der Waals surface area (Å²) in [5, 5.41) is 0. The minimum absolute atomic E-state index is 0.437. The Morgan fingerprint density at radius 1 is 0.947 bits per heavy atom. The molecule has 0 heterocycles. The van der Waals surface area contributed by atoms with Crippen LogP contribution < -0.4 is 0 Å². The van der Waals surface area contributed by atoms with Crippen molar-refractivity contribution in [3.63, 3.8) is 0 Å². The molecule has 1 fully saturated rings. The van der Waals surface area contributed by atoms with Crippen molar-refractivity contribution in [2.75, 3.05) is 0 Å². The number of rotatable bonds is 12. The van der Waals surface area contributed by atoms with Crippen LogP contribution in [0.5, 0.6) is 0 Å². The van der Waals surface area contributed by atoms with E-state index in [1.54, 1.807) is 0 Å². The molecule has 0 bridgehead atoms. The molecule has 1 unspecified atom stereocenters. The molecule has 1 saturated carbocycles. The number of carbonyl (C=O) groups excluding carboxylic acids is 1. The SMILES string of the molecule is CCCCCCCC/C=C\CCCCC1CCC1=O. The number of unbranched alkanes of at least 4 members (excludes halogenated alkanes) is 8. The third-order valence-corrected chi connectivity index (χ3v) is 4.26. The summed E-state index contributed by atoms with van der Waals surface area (Å²) in [7, 11) is 0. The van der Waals surface area contributed by atoms with Crippen LogP contribution in [-0.2, 0) is 4.79 Å². The van der Waals surface area contributed by atoms with E-state index in [4.69, 9.17) is 0 Å². The maximum atomic E-state index is 11.1. The summed E-state index contributed by atoms with van der Waals surface area (Å²) in [6.45, 7) is 2.27. The topological polar surface area (TPSA) is 17.1 Å². The predicted molar refractivity (Wildman–Crippen MR) is 83.3 cm³/mol. The van der Waals surface area contributed by atoms with Gasteiger partial charge in [0, 0.05) is 12.3 Å². The molecule has 0 aromatic rings. The highest BCUT2D eigenvalue weighted by atomic mass is 16.1. The smallest absolute Gasteiger partial charge is 0.136 e. The Labute approximate surface area is 119 Å². The van der Waals surface area contributed by atoms with Crippen molar-refractivity contribution in [2.24, 2.45) is 5.92 Å². The normalized spacial score (nSPS) is 19.0. The van der Waals surface area contributed by atoms with E-state index >= 15 is 0 Å². The summed E-state index contributed by atoms with van der Waals surface area (Å²) < 4.78 is 0. The Bertz CT molecular complexity index is 254. The number of allylic oxidation sites excluding steroid dienone is 2. The molecule has 1 nitrogen and oxygen atoms in total. The van der Waals surface area contributed by atoms with E-state index in [1.807, 2.05) is 0 Å². The molecule has 110 valence electrons. The average Bonchev–Trinajstić information content (AvgIpc) is 2.42. The molecule has 1 atom stereocenters. The Morgan fingerprint density at radius 3 is 2.16 bits per heavy atom. The van der Waals surface area contributed by atoms with Gasteiger partial charge in [-0.3, -0.25) is 4.79 Å². The van der Waals surface area contributed by atoms with E-state index in [-0.39, 0.29) is 0 Å². The highest BCUT2D eigenvalue weighted by Crippen LogP contribution is 2.27. The minimum atomic E-state index is 0.437. The van der Waals surface area contributed by atoms with Gasteiger partial charge in [-0.05, 0) is 38.5 Å². The fourth-order valence-electron chi connectivity index (χ4n) is 2.70. The lowest BCUT2D eigenvalue weighted by Gasteiger charge is -2.23. The molecule has 0 aliphatic heterocycles. The number of ketones is 1. The molecule has 19 heavy (non-hydrogen) atoms. The van der Waals surface area contributed by atoms with E-state index < -0.39 is 0 Å². The summed E-state index contributed by atoms with van der Waals surface area (Å²) in [6, 6.07) is 0. The van der Waals surface area contributed by atoms with Crippen LogP contribution in [0.15, 0.2) is 12.2 Å². The van der Waals surface area contributed by atoms with Crippen LogP contribution >= 0.6 is 0 Å². The molecule has 0 amide bonds. The van der Waals surface area contributed by atoms with Crippen LogP contribution in [-0.4, -0.2) is 5.78 Å². The number of Topliss-reactive ketones (excluding diaryl/α,β-unsaturated/α-hetero) is 1. The van der Waals surface area contributed by atoms with Crippen molar-refractivity contribution < 1.29 is 4.79 Å². The Kier molecular flexibility index (Phi) is 9.75. The quantitative estimate of drug-likeness (QED) is 0.320. The fourth-order valence-corrected chi connectivity index (χ4v) is 2.70. The summed E-state index contributed by atoms with van der Waals surface area (Å²) in [6.07, 6.45) is 21.1. The average molecular weight is 264 g/mol. The van der Waals surface area contributed by atoms with E-state index in [9.17, 15) is 4.79 Å². The van der Waals surface area contributed by atoms with Crippen LogP contribution in [0.3, 0.4) is 0 Å². The van der Waals surface area contributed by atoms with Crippen LogP contribution in [0.25, 0.3) is 0 Å². The highest BCUT2D eigenvalue weighted by Gasteiger charge is 2.26. The van der Waals surface area contributed by atoms with Gasteiger partial charge in [0.2, 0.25) is 0 Å². The van der Waals surface area contributed by atoms with E-state index in [1.165, 1.54) is 64.2 Å². The van der Waals surface area contributed by atoms with Gasteiger partial charge in [0.25, 0.3) is 0 Å². The second kappa shape index (κ2) is 11.3. The molecular formula is C18H32O. The molecule has 0 spiro atoms. The maximum absolute atomic E-state index is 11.1. The van der Waals surface area contributed by atoms with E-state index in [0.717, 1.165) is 19.3 Å². The van der Waals surface area contributed by atoms with Gasteiger partial charge in [0.15, 0.2) is 0 Å². The molecule has 0 saturated heterocycles. The Hall–Kier alpha value is -0.590. The summed E-state index contributed by atoms with van der Waals surface area (Å²) in [4.78, 5) is 11.1. The van der Waals surface area contributed by atoms with Gasteiger partial charge in [-0.25, -0.2) is 0 Å². The van der Waals surface area contributed by atoms with Crippen molar-refractivity contribution in [3.8, 4) is 0 Å². The van der Waals surface area contributed by atoms with Gasteiger partial charge in [-0.2, -0.15) is 0 Å². The Morgan fingerprint density at radius 2 is 1.58 bits per heavy atom. The third kappa shape index (κ3) is 8.23. The molecule has 0 aromatic carbocycles. The van der Waals surface area contributed by atoms with Gasteiger partial charge in [-0.1, -0.05) is 57.6 Å². The zero-order chi connectivity index (χ0) is 13.8. The molecule has 0 N–H and O–H groups in total. The van der Waals surface area contributed by atoms with Crippen LogP contribution in [0.1, 0.15) is 90.4 Å². The fraction of sp³-hybridized carbons (Fsp3) is 0.833. The van der Waals surface area contributed by atoms with Crippen LogP contribution in [0.2, 0.25) is 0 Å². The Balaban J connectivity index is 1.76. The molecule has 1 heteroatoms. The summed E-state index contributed by atoms with van der Waals surface area (Å²) in [5.74, 6) is 0.950. The van der Waals surface area contributed by atoms with Gasteiger partial charge in [-0.15, -0.1) is 0 Å². The monoisotopic (exact) mass is 264 g/mol. The summed E-state index contributed by atoms with van der Waals surface area (Å²) >= 11 is 0. The second-order valence-electron chi connectivity index (χ2n) is 6.01. The number of hydrogen-bond acceptors (Lipinski definition) is 1. The second-order valence-corrected chi connectivity index (χ2v) is 6.01. The van der Waals surface area contributed by atoms with Gasteiger partial charge < -0.3 is 0 Å². The lowest BCUT2D eigenvalue weighted by molar-refractivity contribution is -0.129. The first-order valence-electron chi connectivity index (χ1n) is 8.52. The van der Waals surface area contributed by atoms with Crippen LogP contribution in [0, 0.1) is 5.92 Å².